The third kappa shape index (κ3) is 4.40. The first-order chi connectivity index (χ1) is 8.24. The Labute approximate surface area is 104 Å². The fourth-order valence-electron chi connectivity index (χ4n) is 2.72. The Morgan fingerprint density at radius 3 is 2.35 bits per heavy atom. The molecular formula is C14H24O3. The van der Waals surface area contributed by atoms with Crippen LogP contribution in [-0.2, 0) is 14.6 Å². The van der Waals surface area contributed by atoms with Crippen molar-refractivity contribution < 1.29 is 14.6 Å². The van der Waals surface area contributed by atoms with Crippen molar-refractivity contribution in [3.8, 4) is 0 Å². The number of rotatable bonds is 4. The number of hydrogen-bond donors (Lipinski definition) is 0. The second-order valence-corrected chi connectivity index (χ2v) is 5.74. The van der Waals surface area contributed by atoms with Crippen molar-refractivity contribution in [2.45, 2.75) is 64.4 Å². The van der Waals surface area contributed by atoms with Gasteiger partial charge >= 0.3 is 0 Å². The zero-order valence-electron chi connectivity index (χ0n) is 10.8. The number of carbonyl (C=O) groups is 1. The molecule has 0 aromatic heterocycles. The smallest absolute Gasteiger partial charge is 0.132 e. The van der Waals surface area contributed by atoms with Crippen LogP contribution in [0.25, 0.3) is 0 Å². The Morgan fingerprint density at radius 1 is 1.06 bits per heavy atom. The highest BCUT2D eigenvalue weighted by molar-refractivity contribution is 5.78. The zero-order chi connectivity index (χ0) is 12.1. The lowest BCUT2D eigenvalue weighted by Gasteiger charge is -2.26. The predicted molar refractivity (Wildman–Crippen MR) is 65.4 cm³/mol. The molecule has 2 fully saturated rings. The maximum atomic E-state index is 11.1. The highest BCUT2D eigenvalue weighted by atomic mass is 17.2. The first-order valence-corrected chi connectivity index (χ1v) is 7.04. The lowest BCUT2D eigenvalue weighted by atomic mass is 9.89. The summed E-state index contributed by atoms with van der Waals surface area (Å²) in [5.41, 5.74) is 0. The third-order valence-corrected chi connectivity index (χ3v) is 4.13. The summed E-state index contributed by atoms with van der Waals surface area (Å²) in [4.78, 5) is 21.9. The Kier molecular flexibility index (Phi) is 4.99. The van der Waals surface area contributed by atoms with Gasteiger partial charge in [0.2, 0.25) is 0 Å². The summed E-state index contributed by atoms with van der Waals surface area (Å²) in [6.07, 6.45) is 8.49. The second kappa shape index (κ2) is 6.50. The van der Waals surface area contributed by atoms with Crippen LogP contribution >= 0.6 is 0 Å². The Balaban J connectivity index is 1.55. The SMILES string of the molecule is CC1CCC(OOCC2CCC(=O)CC2)CC1. The molecule has 17 heavy (non-hydrogen) atoms. The number of Topliss-reactive ketones (excluding diaryl/α,β-unsaturated/α-hetero) is 1. The lowest BCUT2D eigenvalue weighted by molar-refractivity contribution is -0.335. The van der Waals surface area contributed by atoms with Crippen LogP contribution in [0.3, 0.4) is 0 Å². The Morgan fingerprint density at radius 2 is 1.71 bits per heavy atom. The zero-order valence-corrected chi connectivity index (χ0v) is 10.8. The van der Waals surface area contributed by atoms with Gasteiger partial charge in [-0.3, -0.25) is 4.79 Å². The average Bonchev–Trinajstić information content (AvgIpc) is 2.34. The molecule has 0 radical (unpaired) electrons. The largest absolute Gasteiger partial charge is 0.300 e. The van der Waals surface area contributed by atoms with Crippen molar-refractivity contribution in [2.75, 3.05) is 6.61 Å². The van der Waals surface area contributed by atoms with E-state index in [2.05, 4.69) is 6.92 Å². The van der Waals surface area contributed by atoms with Crippen LogP contribution in [0.2, 0.25) is 0 Å². The van der Waals surface area contributed by atoms with E-state index >= 15 is 0 Å². The van der Waals surface area contributed by atoms with Gasteiger partial charge in [0, 0.05) is 12.8 Å². The van der Waals surface area contributed by atoms with Gasteiger partial charge in [-0.05, 0) is 50.4 Å². The van der Waals surface area contributed by atoms with Crippen LogP contribution in [-0.4, -0.2) is 18.5 Å². The molecule has 3 nitrogen and oxygen atoms in total. The van der Waals surface area contributed by atoms with E-state index in [1.807, 2.05) is 0 Å². The first kappa shape index (κ1) is 13.0. The van der Waals surface area contributed by atoms with Crippen molar-refractivity contribution in [3.63, 3.8) is 0 Å². The topological polar surface area (TPSA) is 35.5 Å². The summed E-state index contributed by atoms with van der Waals surface area (Å²) in [5, 5.41) is 0. The first-order valence-electron chi connectivity index (χ1n) is 7.04. The quantitative estimate of drug-likeness (QED) is 0.559. The van der Waals surface area contributed by atoms with E-state index in [4.69, 9.17) is 9.78 Å². The summed E-state index contributed by atoms with van der Waals surface area (Å²) >= 11 is 0. The van der Waals surface area contributed by atoms with E-state index in [0.29, 0.717) is 24.4 Å². The molecule has 0 spiro atoms. The summed E-state index contributed by atoms with van der Waals surface area (Å²) in [5.74, 6) is 1.78. The fraction of sp³-hybridized carbons (Fsp3) is 0.929. The molecule has 0 aliphatic heterocycles. The van der Waals surface area contributed by atoms with Crippen molar-refractivity contribution in [1.82, 2.24) is 0 Å². The molecule has 2 aliphatic rings. The minimum absolute atomic E-state index is 0.302. The minimum atomic E-state index is 0.302. The van der Waals surface area contributed by atoms with Gasteiger partial charge in [0.15, 0.2) is 0 Å². The predicted octanol–water partition coefficient (Wildman–Crippen LogP) is 3.27. The molecule has 0 atom stereocenters. The number of ketones is 1. The Hall–Kier alpha value is -0.410. The molecule has 3 heteroatoms. The number of carbonyl (C=O) groups excluding carboxylic acids is 1. The van der Waals surface area contributed by atoms with Gasteiger partial charge in [-0.15, -0.1) is 0 Å². The van der Waals surface area contributed by atoms with Gasteiger partial charge in [-0.1, -0.05) is 6.92 Å². The molecule has 0 saturated heterocycles. The molecule has 98 valence electrons. The van der Waals surface area contributed by atoms with Gasteiger partial charge in [0.05, 0.1) is 12.7 Å². The number of hydrogen-bond acceptors (Lipinski definition) is 3. The van der Waals surface area contributed by atoms with E-state index < -0.39 is 0 Å². The molecule has 0 bridgehead atoms. The van der Waals surface area contributed by atoms with E-state index in [-0.39, 0.29) is 0 Å². The molecule has 0 N–H and O–H groups in total. The van der Waals surface area contributed by atoms with Crippen LogP contribution < -0.4 is 0 Å². The highest BCUT2D eigenvalue weighted by Crippen LogP contribution is 2.26. The maximum Gasteiger partial charge on any atom is 0.132 e. The molecule has 2 rings (SSSR count). The average molecular weight is 240 g/mol. The van der Waals surface area contributed by atoms with Crippen LogP contribution in [0, 0.1) is 11.8 Å². The molecular weight excluding hydrogens is 216 g/mol. The standard InChI is InChI=1S/C14H24O3/c1-11-2-8-14(9-3-11)17-16-10-12-4-6-13(15)7-5-12/h11-12,14H,2-10H2,1H3. The Bertz CT molecular complexity index is 234. The van der Waals surface area contributed by atoms with Crippen molar-refractivity contribution in [3.05, 3.63) is 0 Å². The van der Waals surface area contributed by atoms with Crippen LogP contribution in [0.15, 0.2) is 0 Å². The normalized spacial score (nSPS) is 31.7. The van der Waals surface area contributed by atoms with Gasteiger partial charge in [-0.25, -0.2) is 9.78 Å². The molecule has 0 amide bonds. The third-order valence-electron chi connectivity index (χ3n) is 4.13. The van der Waals surface area contributed by atoms with Crippen molar-refractivity contribution >= 4 is 5.78 Å². The molecule has 0 heterocycles. The van der Waals surface area contributed by atoms with E-state index in [0.717, 1.165) is 44.4 Å². The molecule has 2 saturated carbocycles. The van der Waals surface area contributed by atoms with Crippen LogP contribution in [0.4, 0.5) is 0 Å². The van der Waals surface area contributed by atoms with Gasteiger partial charge in [0.1, 0.15) is 5.78 Å². The fourth-order valence-corrected chi connectivity index (χ4v) is 2.72. The van der Waals surface area contributed by atoms with Crippen molar-refractivity contribution in [1.29, 1.82) is 0 Å². The van der Waals surface area contributed by atoms with E-state index in [1.165, 1.54) is 12.8 Å². The summed E-state index contributed by atoms with van der Waals surface area (Å²) in [7, 11) is 0. The van der Waals surface area contributed by atoms with Crippen molar-refractivity contribution in [2.24, 2.45) is 11.8 Å². The molecule has 0 unspecified atom stereocenters. The molecule has 0 aromatic rings. The monoisotopic (exact) mass is 240 g/mol. The summed E-state index contributed by atoms with van der Waals surface area (Å²) in [6, 6.07) is 0. The van der Waals surface area contributed by atoms with Crippen LogP contribution in [0.1, 0.15) is 58.3 Å². The molecule has 2 aliphatic carbocycles. The van der Waals surface area contributed by atoms with Gasteiger partial charge in [0.25, 0.3) is 0 Å². The van der Waals surface area contributed by atoms with E-state index in [9.17, 15) is 4.79 Å². The second-order valence-electron chi connectivity index (χ2n) is 5.74. The summed E-state index contributed by atoms with van der Waals surface area (Å²) in [6.45, 7) is 2.97. The van der Waals surface area contributed by atoms with Crippen LogP contribution in [0.5, 0.6) is 0 Å². The summed E-state index contributed by atoms with van der Waals surface area (Å²) < 4.78 is 0. The highest BCUT2D eigenvalue weighted by Gasteiger charge is 2.22. The lowest BCUT2D eigenvalue weighted by Crippen LogP contribution is -2.23. The molecule has 0 aromatic carbocycles. The van der Waals surface area contributed by atoms with Gasteiger partial charge in [-0.2, -0.15) is 0 Å². The minimum Gasteiger partial charge on any atom is -0.300 e. The van der Waals surface area contributed by atoms with E-state index in [1.54, 1.807) is 0 Å². The van der Waals surface area contributed by atoms with Gasteiger partial charge < -0.3 is 0 Å². The maximum absolute atomic E-state index is 11.1.